The van der Waals surface area contributed by atoms with Crippen LogP contribution in [0.3, 0.4) is 0 Å². The maximum atomic E-state index is 12.3. The Balaban J connectivity index is 1.92. The maximum Gasteiger partial charge on any atom is 0.323 e. The van der Waals surface area contributed by atoms with E-state index in [0.29, 0.717) is 26.2 Å². The van der Waals surface area contributed by atoms with Crippen LogP contribution in [0, 0.1) is 0 Å². The number of esters is 1. The van der Waals surface area contributed by atoms with Gasteiger partial charge in [-0.1, -0.05) is 6.42 Å². The topological polar surface area (TPSA) is 59.1 Å². The van der Waals surface area contributed by atoms with E-state index in [1.807, 2.05) is 16.7 Å². The van der Waals surface area contributed by atoms with Crippen LogP contribution in [0.2, 0.25) is 0 Å². The molecule has 2 fully saturated rings. The number of hydrogen-bond acceptors (Lipinski definition) is 5. The van der Waals surface area contributed by atoms with E-state index in [1.54, 1.807) is 0 Å². The molecule has 6 heteroatoms. The van der Waals surface area contributed by atoms with Crippen LogP contribution in [-0.2, 0) is 19.1 Å². The standard InChI is InChI=1S/C14H24N2O4/c1-11-9-16(7-8-20-11)13(17)10-15-6-4-3-5-12(15)14(18)19-2/h11-12H,3-10H2,1-2H3/t11?,12-/m1/s1. The van der Waals surface area contributed by atoms with Gasteiger partial charge in [-0.15, -0.1) is 0 Å². The first-order valence-corrected chi connectivity index (χ1v) is 7.33. The van der Waals surface area contributed by atoms with Gasteiger partial charge in [0.25, 0.3) is 0 Å². The first kappa shape index (κ1) is 15.3. The third kappa shape index (κ3) is 3.70. The summed E-state index contributed by atoms with van der Waals surface area (Å²) in [6.45, 7) is 4.91. The van der Waals surface area contributed by atoms with Crippen LogP contribution < -0.4 is 0 Å². The summed E-state index contributed by atoms with van der Waals surface area (Å²) in [6, 6.07) is -0.267. The summed E-state index contributed by atoms with van der Waals surface area (Å²) in [4.78, 5) is 27.9. The molecule has 2 aliphatic rings. The molecule has 1 amide bonds. The van der Waals surface area contributed by atoms with Crippen molar-refractivity contribution in [3.05, 3.63) is 0 Å². The lowest BCUT2D eigenvalue weighted by Crippen LogP contribution is -2.52. The molecule has 1 unspecified atom stereocenters. The molecular weight excluding hydrogens is 260 g/mol. The molecular formula is C14H24N2O4. The van der Waals surface area contributed by atoms with E-state index in [2.05, 4.69) is 0 Å². The predicted molar refractivity (Wildman–Crippen MR) is 73.2 cm³/mol. The lowest BCUT2D eigenvalue weighted by Gasteiger charge is -2.36. The summed E-state index contributed by atoms with van der Waals surface area (Å²) in [5.41, 5.74) is 0. The molecule has 0 aromatic carbocycles. The van der Waals surface area contributed by atoms with Crippen molar-refractivity contribution < 1.29 is 19.1 Å². The van der Waals surface area contributed by atoms with Crippen LogP contribution >= 0.6 is 0 Å². The Kier molecular flexibility index (Phi) is 5.37. The molecule has 0 radical (unpaired) electrons. The smallest absolute Gasteiger partial charge is 0.323 e. The fourth-order valence-corrected chi connectivity index (χ4v) is 2.90. The molecule has 2 saturated heterocycles. The van der Waals surface area contributed by atoms with E-state index < -0.39 is 0 Å². The average molecular weight is 284 g/mol. The Morgan fingerprint density at radius 3 is 2.80 bits per heavy atom. The van der Waals surface area contributed by atoms with Gasteiger partial charge in [0, 0.05) is 13.1 Å². The number of hydrogen-bond donors (Lipinski definition) is 0. The zero-order valence-corrected chi connectivity index (χ0v) is 12.3. The molecule has 2 atom stereocenters. The van der Waals surface area contributed by atoms with Gasteiger partial charge < -0.3 is 14.4 Å². The van der Waals surface area contributed by atoms with E-state index in [-0.39, 0.29) is 24.0 Å². The number of methoxy groups -OCH3 is 1. The highest BCUT2D eigenvalue weighted by Crippen LogP contribution is 2.18. The van der Waals surface area contributed by atoms with Crippen molar-refractivity contribution in [3.8, 4) is 0 Å². The number of piperidine rings is 1. The second kappa shape index (κ2) is 7.04. The van der Waals surface area contributed by atoms with Gasteiger partial charge in [0.2, 0.25) is 5.91 Å². The molecule has 0 spiro atoms. The Labute approximate surface area is 120 Å². The molecule has 20 heavy (non-hydrogen) atoms. The lowest BCUT2D eigenvalue weighted by molar-refractivity contribution is -0.150. The van der Waals surface area contributed by atoms with E-state index in [9.17, 15) is 9.59 Å². The van der Waals surface area contributed by atoms with E-state index in [1.165, 1.54) is 7.11 Å². The quantitative estimate of drug-likeness (QED) is 0.696. The van der Waals surface area contributed by atoms with Gasteiger partial charge >= 0.3 is 5.97 Å². The summed E-state index contributed by atoms with van der Waals surface area (Å²) < 4.78 is 10.3. The highest BCUT2D eigenvalue weighted by Gasteiger charge is 2.32. The normalized spacial score (nSPS) is 28.2. The highest BCUT2D eigenvalue weighted by molar-refractivity contribution is 5.80. The van der Waals surface area contributed by atoms with Crippen LogP contribution in [-0.4, -0.2) is 73.7 Å². The molecule has 114 valence electrons. The van der Waals surface area contributed by atoms with Crippen molar-refractivity contribution >= 4 is 11.9 Å². The van der Waals surface area contributed by atoms with Crippen molar-refractivity contribution in [1.29, 1.82) is 0 Å². The molecule has 0 saturated carbocycles. The molecule has 0 bridgehead atoms. The number of ether oxygens (including phenoxy) is 2. The molecule has 0 aliphatic carbocycles. The first-order valence-electron chi connectivity index (χ1n) is 7.33. The van der Waals surface area contributed by atoms with E-state index in [0.717, 1.165) is 25.8 Å². The second-order valence-electron chi connectivity index (χ2n) is 5.53. The molecule has 2 aliphatic heterocycles. The van der Waals surface area contributed by atoms with Crippen molar-refractivity contribution in [1.82, 2.24) is 9.80 Å². The third-order valence-corrected chi connectivity index (χ3v) is 4.02. The third-order valence-electron chi connectivity index (χ3n) is 4.02. The molecule has 0 aromatic rings. The number of amides is 1. The minimum atomic E-state index is -0.267. The summed E-state index contributed by atoms with van der Waals surface area (Å²) in [5, 5.41) is 0. The van der Waals surface area contributed by atoms with Crippen molar-refractivity contribution in [2.75, 3.05) is 39.9 Å². The SMILES string of the molecule is COC(=O)[C@H]1CCCCN1CC(=O)N1CCOC(C)C1. The van der Waals surface area contributed by atoms with Crippen molar-refractivity contribution in [3.63, 3.8) is 0 Å². The number of carbonyl (C=O) groups is 2. The van der Waals surface area contributed by atoms with Crippen LogP contribution in [0.1, 0.15) is 26.2 Å². The lowest BCUT2D eigenvalue weighted by atomic mass is 10.0. The summed E-state index contributed by atoms with van der Waals surface area (Å²) in [7, 11) is 1.40. The Morgan fingerprint density at radius 1 is 1.30 bits per heavy atom. The summed E-state index contributed by atoms with van der Waals surface area (Å²) >= 11 is 0. The predicted octanol–water partition coefficient (Wildman–Crippen LogP) is 0.261. The zero-order valence-electron chi connectivity index (χ0n) is 12.3. The fraction of sp³-hybridized carbons (Fsp3) is 0.857. The molecule has 0 aromatic heterocycles. The zero-order chi connectivity index (χ0) is 14.5. The molecule has 0 N–H and O–H groups in total. The van der Waals surface area contributed by atoms with E-state index >= 15 is 0 Å². The minimum Gasteiger partial charge on any atom is -0.468 e. The minimum absolute atomic E-state index is 0.0796. The number of morpholine rings is 1. The largest absolute Gasteiger partial charge is 0.468 e. The van der Waals surface area contributed by atoms with Crippen LogP contribution in [0.15, 0.2) is 0 Å². The van der Waals surface area contributed by atoms with Crippen molar-refractivity contribution in [2.45, 2.75) is 38.3 Å². The van der Waals surface area contributed by atoms with Crippen molar-refractivity contribution in [2.24, 2.45) is 0 Å². The van der Waals surface area contributed by atoms with Crippen LogP contribution in [0.25, 0.3) is 0 Å². The van der Waals surface area contributed by atoms with Crippen LogP contribution in [0.5, 0.6) is 0 Å². The highest BCUT2D eigenvalue weighted by atomic mass is 16.5. The van der Waals surface area contributed by atoms with Gasteiger partial charge in [-0.05, 0) is 26.3 Å². The number of carbonyl (C=O) groups excluding carboxylic acids is 2. The first-order chi connectivity index (χ1) is 9.61. The van der Waals surface area contributed by atoms with Gasteiger partial charge in [0.05, 0.1) is 26.4 Å². The van der Waals surface area contributed by atoms with Gasteiger partial charge in [-0.3, -0.25) is 14.5 Å². The monoisotopic (exact) mass is 284 g/mol. The second-order valence-corrected chi connectivity index (χ2v) is 5.53. The maximum absolute atomic E-state index is 12.3. The Hall–Kier alpha value is -1.14. The Morgan fingerprint density at radius 2 is 2.10 bits per heavy atom. The number of nitrogens with zero attached hydrogens (tertiary/aromatic N) is 2. The molecule has 2 heterocycles. The average Bonchev–Trinajstić information content (AvgIpc) is 2.47. The van der Waals surface area contributed by atoms with Gasteiger partial charge in [-0.2, -0.15) is 0 Å². The number of rotatable bonds is 3. The summed E-state index contributed by atoms with van der Waals surface area (Å²) in [6.07, 6.45) is 2.91. The van der Waals surface area contributed by atoms with Gasteiger partial charge in [0.1, 0.15) is 6.04 Å². The molecule has 6 nitrogen and oxygen atoms in total. The Bertz CT molecular complexity index is 361. The fourth-order valence-electron chi connectivity index (χ4n) is 2.90. The van der Waals surface area contributed by atoms with E-state index in [4.69, 9.17) is 9.47 Å². The van der Waals surface area contributed by atoms with Gasteiger partial charge in [-0.25, -0.2) is 0 Å². The van der Waals surface area contributed by atoms with Crippen LogP contribution in [0.4, 0.5) is 0 Å². The summed E-state index contributed by atoms with van der Waals surface area (Å²) in [5.74, 6) is -0.149. The van der Waals surface area contributed by atoms with Gasteiger partial charge in [0.15, 0.2) is 0 Å². The number of likely N-dealkylation sites (tertiary alicyclic amines) is 1. The molecule has 2 rings (SSSR count).